The second kappa shape index (κ2) is 4.61. The van der Waals surface area contributed by atoms with Crippen molar-refractivity contribution in [2.24, 2.45) is 5.92 Å². The van der Waals surface area contributed by atoms with Gasteiger partial charge in [0.1, 0.15) is 6.29 Å². The summed E-state index contributed by atoms with van der Waals surface area (Å²) in [4.78, 5) is 10.8. The van der Waals surface area contributed by atoms with Gasteiger partial charge in [0.25, 0.3) is 0 Å². The molecule has 0 aromatic heterocycles. The van der Waals surface area contributed by atoms with Gasteiger partial charge < -0.3 is 0 Å². The van der Waals surface area contributed by atoms with Crippen molar-refractivity contribution in [2.75, 3.05) is 0 Å². The largest absolute Gasteiger partial charge is 0.298 e. The monoisotopic (exact) mass is 174 g/mol. The molecule has 68 valence electrons. The summed E-state index contributed by atoms with van der Waals surface area (Å²) in [6.07, 6.45) is 2.89. The molecule has 1 nitrogen and oxygen atoms in total. The second-order valence-electron chi connectivity index (χ2n) is 3.35. The van der Waals surface area contributed by atoms with E-state index in [0.717, 1.165) is 17.4 Å². The van der Waals surface area contributed by atoms with Gasteiger partial charge in [-0.1, -0.05) is 50.3 Å². The third-order valence-corrected chi connectivity index (χ3v) is 1.75. The van der Waals surface area contributed by atoms with Gasteiger partial charge in [0.05, 0.1) is 0 Å². The highest BCUT2D eigenvalue weighted by Gasteiger charge is 1.99. The third-order valence-electron chi connectivity index (χ3n) is 1.75. The van der Waals surface area contributed by atoms with Crippen LogP contribution in [0, 0.1) is 5.92 Å². The lowest BCUT2D eigenvalue weighted by Gasteiger charge is -2.01. The Labute approximate surface area is 79.1 Å². The molecule has 0 saturated carbocycles. The van der Waals surface area contributed by atoms with E-state index in [1.165, 1.54) is 0 Å². The Bertz CT molecular complexity index is 296. The fourth-order valence-corrected chi connectivity index (χ4v) is 1.19. The Morgan fingerprint density at radius 2 is 1.85 bits per heavy atom. The van der Waals surface area contributed by atoms with Gasteiger partial charge in [-0.2, -0.15) is 0 Å². The average Bonchev–Trinajstić information content (AvgIpc) is 2.15. The first-order valence-corrected chi connectivity index (χ1v) is 4.46. The number of carbonyl (C=O) groups excluding carboxylic acids is 1. The summed E-state index contributed by atoms with van der Waals surface area (Å²) in [6, 6.07) is 9.71. The summed E-state index contributed by atoms with van der Waals surface area (Å²) in [7, 11) is 0. The maximum absolute atomic E-state index is 10.8. The highest BCUT2D eigenvalue weighted by atomic mass is 16.1. The van der Waals surface area contributed by atoms with Crippen molar-refractivity contribution >= 4 is 11.9 Å². The van der Waals surface area contributed by atoms with Crippen LogP contribution in [0.5, 0.6) is 0 Å². The highest BCUT2D eigenvalue weighted by molar-refractivity contribution is 6.06. The summed E-state index contributed by atoms with van der Waals surface area (Å²) < 4.78 is 0. The number of carbonyl (C=O) groups is 1. The Hall–Kier alpha value is -1.37. The molecule has 0 heterocycles. The van der Waals surface area contributed by atoms with Crippen molar-refractivity contribution in [2.45, 2.75) is 13.8 Å². The van der Waals surface area contributed by atoms with Crippen LogP contribution in [-0.4, -0.2) is 6.29 Å². The van der Waals surface area contributed by atoms with E-state index in [4.69, 9.17) is 0 Å². The molecule has 0 bridgehead atoms. The number of allylic oxidation sites excluding steroid dienone is 2. The molecule has 1 aromatic rings. The maximum atomic E-state index is 10.8. The zero-order valence-corrected chi connectivity index (χ0v) is 8.03. The Morgan fingerprint density at radius 3 is 2.31 bits per heavy atom. The van der Waals surface area contributed by atoms with E-state index in [0.29, 0.717) is 5.92 Å². The van der Waals surface area contributed by atoms with Crippen molar-refractivity contribution < 1.29 is 4.79 Å². The van der Waals surface area contributed by atoms with Gasteiger partial charge in [0.2, 0.25) is 0 Å². The van der Waals surface area contributed by atoms with Gasteiger partial charge >= 0.3 is 0 Å². The normalized spacial score (nSPS) is 11.8. The van der Waals surface area contributed by atoms with Crippen LogP contribution in [0.25, 0.3) is 5.57 Å². The molecule has 0 spiro atoms. The third kappa shape index (κ3) is 2.86. The van der Waals surface area contributed by atoms with Gasteiger partial charge in [-0.25, -0.2) is 0 Å². The summed E-state index contributed by atoms with van der Waals surface area (Å²) >= 11 is 0. The molecule has 0 aliphatic heterocycles. The molecular weight excluding hydrogens is 160 g/mol. The first-order valence-electron chi connectivity index (χ1n) is 4.46. The van der Waals surface area contributed by atoms with E-state index in [1.807, 2.05) is 36.4 Å². The number of benzene rings is 1. The molecule has 0 N–H and O–H groups in total. The molecule has 1 rings (SSSR count). The second-order valence-corrected chi connectivity index (χ2v) is 3.35. The van der Waals surface area contributed by atoms with E-state index in [1.54, 1.807) is 0 Å². The highest BCUT2D eigenvalue weighted by Crippen LogP contribution is 2.13. The molecule has 13 heavy (non-hydrogen) atoms. The van der Waals surface area contributed by atoms with E-state index >= 15 is 0 Å². The van der Waals surface area contributed by atoms with Gasteiger partial charge in [0, 0.05) is 5.57 Å². The molecule has 0 amide bonds. The van der Waals surface area contributed by atoms with Crippen LogP contribution >= 0.6 is 0 Å². The molecule has 0 aliphatic rings. The summed E-state index contributed by atoms with van der Waals surface area (Å²) in [5.41, 5.74) is 1.77. The molecule has 0 radical (unpaired) electrons. The Morgan fingerprint density at radius 1 is 1.23 bits per heavy atom. The molecule has 0 aliphatic carbocycles. The fraction of sp³-hybridized carbons (Fsp3) is 0.250. The number of hydrogen-bond donors (Lipinski definition) is 0. The minimum absolute atomic E-state index is 0.403. The summed E-state index contributed by atoms with van der Waals surface area (Å²) in [5, 5.41) is 0. The van der Waals surface area contributed by atoms with Crippen LogP contribution in [0.4, 0.5) is 0 Å². The maximum Gasteiger partial charge on any atom is 0.150 e. The van der Waals surface area contributed by atoms with Gasteiger partial charge in [-0.3, -0.25) is 4.79 Å². The molecule has 0 saturated heterocycles. The van der Waals surface area contributed by atoms with Crippen molar-refractivity contribution in [3.8, 4) is 0 Å². The zero-order valence-electron chi connectivity index (χ0n) is 8.03. The number of rotatable bonds is 3. The number of aldehydes is 1. The average molecular weight is 174 g/mol. The van der Waals surface area contributed by atoms with Crippen LogP contribution in [0.15, 0.2) is 36.4 Å². The molecule has 0 atom stereocenters. The Kier molecular flexibility index (Phi) is 3.44. The predicted octanol–water partition coefficient (Wildman–Crippen LogP) is 2.92. The topological polar surface area (TPSA) is 17.1 Å². The quantitative estimate of drug-likeness (QED) is 0.508. The van der Waals surface area contributed by atoms with Crippen LogP contribution in [-0.2, 0) is 4.79 Å². The van der Waals surface area contributed by atoms with E-state index in [-0.39, 0.29) is 0 Å². The van der Waals surface area contributed by atoms with Crippen LogP contribution in [0.2, 0.25) is 0 Å². The predicted molar refractivity (Wildman–Crippen MR) is 55.3 cm³/mol. The van der Waals surface area contributed by atoms with E-state index in [9.17, 15) is 4.79 Å². The van der Waals surface area contributed by atoms with Crippen molar-refractivity contribution in [3.05, 3.63) is 42.0 Å². The molecule has 1 aromatic carbocycles. The van der Waals surface area contributed by atoms with Crippen molar-refractivity contribution in [3.63, 3.8) is 0 Å². The fourth-order valence-electron chi connectivity index (χ4n) is 1.19. The first-order chi connectivity index (χ1) is 6.24. The Balaban J connectivity index is 2.98. The SMILES string of the molecule is CC(C)/C=C(\C=O)c1ccccc1. The van der Waals surface area contributed by atoms with Gasteiger partial charge in [-0.15, -0.1) is 0 Å². The van der Waals surface area contributed by atoms with Crippen LogP contribution in [0.3, 0.4) is 0 Å². The lowest BCUT2D eigenvalue weighted by Crippen LogP contribution is -1.88. The van der Waals surface area contributed by atoms with Crippen LogP contribution < -0.4 is 0 Å². The molecule has 0 fully saturated rings. The zero-order chi connectivity index (χ0) is 9.68. The summed E-state index contributed by atoms with van der Waals surface area (Å²) in [6.45, 7) is 4.12. The lowest BCUT2D eigenvalue weighted by molar-refractivity contribution is -0.103. The lowest BCUT2D eigenvalue weighted by atomic mass is 10.0. The minimum Gasteiger partial charge on any atom is -0.298 e. The molecule has 1 heteroatoms. The smallest absolute Gasteiger partial charge is 0.150 e. The van der Waals surface area contributed by atoms with Crippen molar-refractivity contribution in [1.82, 2.24) is 0 Å². The van der Waals surface area contributed by atoms with Gasteiger partial charge in [0.15, 0.2) is 0 Å². The summed E-state index contributed by atoms with van der Waals surface area (Å²) in [5.74, 6) is 0.403. The van der Waals surface area contributed by atoms with Crippen molar-refractivity contribution in [1.29, 1.82) is 0 Å². The van der Waals surface area contributed by atoms with E-state index < -0.39 is 0 Å². The minimum atomic E-state index is 0.403. The first kappa shape index (κ1) is 9.72. The van der Waals surface area contributed by atoms with Gasteiger partial charge in [-0.05, 0) is 11.5 Å². The van der Waals surface area contributed by atoms with Crippen LogP contribution in [0.1, 0.15) is 19.4 Å². The molecular formula is C12H14O. The molecule has 0 unspecified atom stereocenters. The number of hydrogen-bond acceptors (Lipinski definition) is 1. The van der Waals surface area contributed by atoms with E-state index in [2.05, 4.69) is 13.8 Å². The standard InChI is InChI=1S/C12H14O/c1-10(2)8-12(9-13)11-6-4-3-5-7-11/h3-10H,1-2H3/b12-8+.